The number of rotatable bonds is 5. The van der Waals surface area contributed by atoms with Crippen LogP contribution >= 0.6 is 0 Å². The molecule has 7 nitrogen and oxygen atoms in total. The Morgan fingerprint density at radius 2 is 1.72 bits per heavy atom. The van der Waals surface area contributed by atoms with Crippen LogP contribution in [-0.2, 0) is 6.42 Å². The molecule has 2 aromatic heterocycles. The number of amides is 1. The molecule has 0 saturated carbocycles. The predicted molar refractivity (Wildman–Crippen MR) is 113 cm³/mol. The molecule has 1 aliphatic heterocycles. The zero-order valence-corrected chi connectivity index (χ0v) is 16.5. The number of aromatic nitrogens is 3. The fourth-order valence-corrected chi connectivity index (χ4v) is 3.43. The van der Waals surface area contributed by atoms with Crippen molar-refractivity contribution in [2.45, 2.75) is 13.3 Å². The minimum absolute atomic E-state index is 0.00615. The SMILES string of the molecule is CCc1ccccc1Nc1ccc(C(=O)N2CCN(c3ncccn3)CC2)cn1. The van der Waals surface area contributed by atoms with E-state index in [1.165, 1.54) is 5.56 Å². The molecule has 1 aromatic carbocycles. The van der Waals surface area contributed by atoms with Gasteiger partial charge in [-0.25, -0.2) is 15.0 Å². The number of para-hydroxylation sites is 1. The van der Waals surface area contributed by atoms with E-state index in [0.717, 1.165) is 31.0 Å². The number of nitrogens with one attached hydrogen (secondary N) is 1. The summed E-state index contributed by atoms with van der Waals surface area (Å²) in [5.41, 5.74) is 2.87. The van der Waals surface area contributed by atoms with Crippen LogP contribution in [0.3, 0.4) is 0 Å². The van der Waals surface area contributed by atoms with Crippen LogP contribution in [0.1, 0.15) is 22.8 Å². The third-order valence-electron chi connectivity index (χ3n) is 5.07. The molecule has 3 aromatic rings. The zero-order valence-electron chi connectivity index (χ0n) is 16.5. The first-order valence-electron chi connectivity index (χ1n) is 9.87. The van der Waals surface area contributed by atoms with E-state index in [-0.39, 0.29) is 5.91 Å². The lowest BCUT2D eigenvalue weighted by atomic mass is 10.1. The number of hydrogen-bond acceptors (Lipinski definition) is 6. The van der Waals surface area contributed by atoms with Crippen molar-refractivity contribution in [1.82, 2.24) is 19.9 Å². The third kappa shape index (κ3) is 4.34. The van der Waals surface area contributed by atoms with Crippen LogP contribution in [-0.4, -0.2) is 51.9 Å². The number of pyridine rings is 1. The minimum atomic E-state index is 0.00615. The van der Waals surface area contributed by atoms with Crippen molar-refractivity contribution >= 4 is 23.4 Å². The average molecular weight is 388 g/mol. The second kappa shape index (κ2) is 8.68. The maximum atomic E-state index is 12.8. The molecule has 0 atom stereocenters. The maximum absolute atomic E-state index is 12.8. The summed E-state index contributed by atoms with van der Waals surface area (Å²) in [4.78, 5) is 29.8. The van der Waals surface area contributed by atoms with Crippen LogP contribution in [0.4, 0.5) is 17.5 Å². The molecule has 4 rings (SSSR count). The highest BCUT2D eigenvalue weighted by molar-refractivity contribution is 5.94. The first-order chi connectivity index (χ1) is 14.2. The third-order valence-corrected chi connectivity index (χ3v) is 5.07. The number of piperazine rings is 1. The van der Waals surface area contributed by atoms with E-state index < -0.39 is 0 Å². The molecule has 3 heterocycles. The lowest BCUT2D eigenvalue weighted by Gasteiger charge is -2.34. The second-order valence-corrected chi connectivity index (χ2v) is 6.90. The van der Waals surface area contributed by atoms with Crippen molar-refractivity contribution in [3.05, 3.63) is 72.2 Å². The molecule has 1 N–H and O–H groups in total. The molecular formula is C22H24N6O. The lowest BCUT2D eigenvalue weighted by molar-refractivity contribution is 0.0746. The summed E-state index contributed by atoms with van der Waals surface area (Å²) < 4.78 is 0. The van der Waals surface area contributed by atoms with Crippen LogP contribution in [0.15, 0.2) is 61.1 Å². The number of aryl methyl sites for hydroxylation is 1. The first kappa shape index (κ1) is 18.9. The Kier molecular flexibility index (Phi) is 5.65. The van der Waals surface area contributed by atoms with Gasteiger partial charge in [0.2, 0.25) is 5.95 Å². The summed E-state index contributed by atoms with van der Waals surface area (Å²) in [6, 6.07) is 13.7. The van der Waals surface area contributed by atoms with Gasteiger partial charge in [0.1, 0.15) is 5.82 Å². The molecule has 29 heavy (non-hydrogen) atoms. The van der Waals surface area contributed by atoms with Gasteiger partial charge in [-0.05, 0) is 36.2 Å². The maximum Gasteiger partial charge on any atom is 0.255 e. The summed E-state index contributed by atoms with van der Waals surface area (Å²) in [7, 11) is 0. The highest BCUT2D eigenvalue weighted by Crippen LogP contribution is 2.20. The molecule has 1 aliphatic rings. The van der Waals surface area contributed by atoms with Crippen LogP contribution in [0, 0.1) is 0 Å². The van der Waals surface area contributed by atoms with Crippen LogP contribution in [0.25, 0.3) is 0 Å². The van der Waals surface area contributed by atoms with E-state index in [1.807, 2.05) is 35.2 Å². The first-order valence-corrected chi connectivity index (χ1v) is 9.87. The molecular weight excluding hydrogens is 364 g/mol. The molecule has 0 spiro atoms. The number of carbonyl (C=O) groups is 1. The summed E-state index contributed by atoms with van der Waals surface area (Å²) in [5, 5.41) is 3.34. The van der Waals surface area contributed by atoms with Crippen LogP contribution < -0.4 is 10.2 Å². The summed E-state index contributed by atoms with van der Waals surface area (Å²) in [6.07, 6.45) is 6.06. The molecule has 7 heteroatoms. The quantitative estimate of drug-likeness (QED) is 0.724. The van der Waals surface area contributed by atoms with E-state index in [4.69, 9.17) is 0 Å². The molecule has 1 fully saturated rings. The molecule has 1 amide bonds. The Morgan fingerprint density at radius 1 is 0.966 bits per heavy atom. The lowest BCUT2D eigenvalue weighted by Crippen LogP contribution is -2.49. The fourth-order valence-electron chi connectivity index (χ4n) is 3.43. The van der Waals surface area contributed by atoms with Gasteiger partial charge in [-0.3, -0.25) is 4.79 Å². The number of hydrogen-bond donors (Lipinski definition) is 1. The van der Waals surface area contributed by atoms with Crippen molar-refractivity contribution in [2.75, 3.05) is 36.4 Å². The van der Waals surface area contributed by atoms with E-state index in [0.29, 0.717) is 24.6 Å². The normalized spacial score (nSPS) is 14.0. The van der Waals surface area contributed by atoms with Gasteiger partial charge in [-0.15, -0.1) is 0 Å². The molecule has 148 valence electrons. The van der Waals surface area contributed by atoms with Gasteiger partial charge in [-0.1, -0.05) is 25.1 Å². The molecule has 0 bridgehead atoms. The van der Waals surface area contributed by atoms with Crippen LogP contribution in [0.5, 0.6) is 0 Å². The van der Waals surface area contributed by atoms with Crippen molar-refractivity contribution < 1.29 is 4.79 Å². The smallest absolute Gasteiger partial charge is 0.255 e. The Bertz CT molecular complexity index is 953. The van der Waals surface area contributed by atoms with Gasteiger partial charge < -0.3 is 15.1 Å². The highest BCUT2D eigenvalue weighted by atomic mass is 16.2. The predicted octanol–water partition coefficient (Wildman–Crippen LogP) is 3.14. The number of carbonyl (C=O) groups excluding carboxylic acids is 1. The highest BCUT2D eigenvalue weighted by Gasteiger charge is 2.23. The van der Waals surface area contributed by atoms with Gasteiger partial charge in [0.15, 0.2) is 0 Å². The van der Waals surface area contributed by atoms with Gasteiger partial charge in [0.05, 0.1) is 5.56 Å². The van der Waals surface area contributed by atoms with Crippen molar-refractivity contribution in [2.24, 2.45) is 0 Å². The molecule has 0 aliphatic carbocycles. The van der Waals surface area contributed by atoms with Gasteiger partial charge in [0, 0.05) is 50.5 Å². The zero-order chi connectivity index (χ0) is 20.1. The number of anilines is 3. The fraction of sp³-hybridized carbons (Fsp3) is 0.273. The van der Waals surface area contributed by atoms with Gasteiger partial charge in [-0.2, -0.15) is 0 Å². The molecule has 1 saturated heterocycles. The van der Waals surface area contributed by atoms with Crippen LogP contribution in [0.2, 0.25) is 0 Å². The summed E-state index contributed by atoms with van der Waals surface area (Å²) in [5.74, 6) is 1.45. The van der Waals surface area contributed by atoms with Gasteiger partial charge in [0.25, 0.3) is 5.91 Å². The van der Waals surface area contributed by atoms with E-state index in [9.17, 15) is 4.79 Å². The monoisotopic (exact) mass is 388 g/mol. The number of benzene rings is 1. The summed E-state index contributed by atoms with van der Waals surface area (Å²) >= 11 is 0. The van der Waals surface area contributed by atoms with Crippen molar-refractivity contribution in [3.63, 3.8) is 0 Å². The average Bonchev–Trinajstić information content (AvgIpc) is 2.80. The van der Waals surface area contributed by atoms with E-state index in [1.54, 1.807) is 24.7 Å². The van der Waals surface area contributed by atoms with Crippen molar-refractivity contribution in [3.8, 4) is 0 Å². The van der Waals surface area contributed by atoms with E-state index >= 15 is 0 Å². The number of nitrogens with zero attached hydrogens (tertiary/aromatic N) is 5. The van der Waals surface area contributed by atoms with Crippen molar-refractivity contribution in [1.29, 1.82) is 0 Å². The Balaban J connectivity index is 1.37. The Hall–Kier alpha value is -3.48. The topological polar surface area (TPSA) is 74.2 Å². The van der Waals surface area contributed by atoms with E-state index in [2.05, 4.69) is 38.2 Å². The molecule has 0 radical (unpaired) electrons. The summed E-state index contributed by atoms with van der Waals surface area (Å²) in [6.45, 7) is 4.84. The minimum Gasteiger partial charge on any atom is -0.340 e. The molecule has 0 unspecified atom stereocenters. The van der Waals surface area contributed by atoms with Gasteiger partial charge >= 0.3 is 0 Å². The Morgan fingerprint density at radius 3 is 2.41 bits per heavy atom. The largest absolute Gasteiger partial charge is 0.340 e. The Labute approximate surface area is 170 Å². The second-order valence-electron chi connectivity index (χ2n) is 6.90. The standard InChI is InChI=1S/C22H24N6O/c1-2-17-6-3-4-7-19(17)26-20-9-8-18(16-25-20)21(29)27-12-14-28(15-13-27)22-23-10-5-11-24-22/h3-11,16H,2,12-15H2,1H3,(H,25,26).